The maximum Gasteiger partial charge on any atom is 0.237 e. The molecule has 1 aromatic rings. The summed E-state index contributed by atoms with van der Waals surface area (Å²) in [6, 6.07) is 7.46. The third-order valence-electron chi connectivity index (χ3n) is 2.51. The summed E-state index contributed by atoms with van der Waals surface area (Å²) >= 11 is 6.03. The zero-order valence-corrected chi connectivity index (χ0v) is 9.05. The van der Waals surface area contributed by atoms with Gasteiger partial charge in [0, 0.05) is 18.1 Å². The molecule has 0 saturated carbocycles. The smallest absolute Gasteiger partial charge is 0.237 e. The minimum Gasteiger partial charge on any atom is -0.353 e. The second-order valence-electron chi connectivity index (χ2n) is 3.59. The topological polar surface area (TPSA) is 41.1 Å². The molecule has 0 aromatic heterocycles. The van der Waals surface area contributed by atoms with Crippen LogP contribution in [0, 0.1) is 0 Å². The lowest BCUT2D eigenvalue weighted by Crippen LogP contribution is -2.53. The predicted octanol–water partition coefficient (Wildman–Crippen LogP) is 0.970. The fraction of sp³-hybridized carbons (Fsp3) is 0.364. The number of carbonyl (C=O) groups excluding carboxylic acids is 1. The first kappa shape index (κ1) is 10.5. The Labute approximate surface area is 93.8 Å². The zero-order valence-electron chi connectivity index (χ0n) is 8.29. The SMILES string of the molecule is O=C1NCCN[C@H]1Cc1ccccc1Cl. The summed E-state index contributed by atoms with van der Waals surface area (Å²) in [7, 11) is 0. The molecule has 4 heteroatoms. The molecular formula is C11H13ClN2O. The van der Waals surface area contributed by atoms with Crippen LogP contribution in [-0.2, 0) is 11.2 Å². The van der Waals surface area contributed by atoms with Crippen molar-refractivity contribution in [3.05, 3.63) is 34.9 Å². The van der Waals surface area contributed by atoms with Gasteiger partial charge in [0.15, 0.2) is 0 Å². The third-order valence-corrected chi connectivity index (χ3v) is 2.88. The first-order chi connectivity index (χ1) is 7.27. The summed E-state index contributed by atoms with van der Waals surface area (Å²) in [5, 5.41) is 6.72. The first-order valence-electron chi connectivity index (χ1n) is 5.02. The number of halogens is 1. The molecule has 80 valence electrons. The van der Waals surface area contributed by atoms with E-state index in [1.165, 1.54) is 0 Å². The van der Waals surface area contributed by atoms with Gasteiger partial charge in [0.25, 0.3) is 0 Å². The Morgan fingerprint density at radius 2 is 2.13 bits per heavy atom. The van der Waals surface area contributed by atoms with Crippen molar-refractivity contribution in [1.29, 1.82) is 0 Å². The van der Waals surface area contributed by atoms with Crippen LogP contribution in [-0.4, -0.2) is 25.0 Å². The first-order valence-corrected chi connectivity index (χ1v) is 5.39. The molecule has 1 saturated heterocycles. The number of nitrogens with one attached hydrogen (secondary N) is 2. The summed E-state index contributed by atoms with van der Waals surface area (Å²) in [6.07, 6.45) is 0.644. The second kappa shape index (κ2) is 4.64. The number of carbonyl (C=O) groups is 1. The van der Waals surface area contributed by atoms with Crippen LogP contribution in [0.15, 0.2) is 24.3 Å². The van der Waals surface area contributed by atoms with Crippen molar-refractivity contribution >= 4 is 17.5 Å². The van der Waals surface area contributed by atoms with Gasteiger partial charge < -0.3 is 10.6 Å². The highest BCUT2D eigenvalue weighted by Gasteiger charge is 2.21. The average molecular weight is 225 g/mol. The summed E-state index contributed by atoms with van der Waals surface area (Å²) in [4.78, 5) is 11.5. The van der Waals surface area contributed by atoms with Crippen molar-refractivity contribution in [2.24, 2.45) is 0 Å². The Morgan fingerprint density at radius 1 is 1.33 bits per heavy atom. The molecule has 1 atom stereocenters. The highest BCUT2D eigenvalue weighted by molar-refractivity contribution is 6.31. The highest BCUT2D eigenvalue weighted by atomic mass is 35.5. The Morgan fingerprint density at radius 3 is 2.87 bits per heavy atom. The van der Waals surface area contributed by atoms with Crippen molar-refractivity contribution in [2.75, 3.05) is 13.1 Å². The maximum absolute atomic E-state index is 11.5. The van der Waals surface area contributed by atoms with Gasteiger partial charge in [-0.3, -0.25) is 4.79 Å². The minimum atomic E-state index is -0.154. The molecule has 1 amide bonds. The van der Waals surface area contributed by atoms with Crippen LogP contribution in [0.1, 0.15) is 5.56 Å². The van der Waals surface area contributed by atoms with Gasteiger partial charge >= 0.3 is 0 Å². The van der Waals surface area contributed by atoms with E-state index in [2.05, 4.69) is 10.6 Å². The number of piperazine rings is 1. The molecule has 0 bridgehead atoms. The van der Waals surface area contributed by atoms with Gasteiger partial charge in [0.2, 0.25) is 5.91 Å². The van der Waals surface area contributed by atoms with Crippen LogP contribution in [0.2, 0.25) is 5.02 Å². The predicted molar refractivity (Wildman–Crippen MR) is 60.0 cm³/mol. The molecular weight excluding hydrogens is 212 g/mol. The molecule has 1 aliphatic heterocycles. The Balaban J connectivity index is 2.08. The van der Waals surface area contributed by atoms with E-state index < -0.39 is 0 Å². The van der Waals surface area contributed by atoms with Gasteiger partial charge in [-0.05, 0) is 18.1 Å². The summed E-state index contributed by atoms with van der Waals surface area (Å²) in [6.45, 7) is 1.53. The lowest BCUT2D eigenvalue weighted by Gasteiger charge is -2.23. The molecule has 1 aromatic carbocycles. The van der Waals surface area contributed by atoms with Gasteiger partial charge in [-0.1, -0.05) is 29.8 Å². The molecule has 0 spiro atoms. The molecule has 15 heavy (non-hydrogen) atoms. The lowest BCUT2D eigenvalue weighted by molar-refractivity contribution is -0.124. The van der Waals surface area contributed by atoms with E-state index in [4.69, 9.17) is 11.6 Å². The zero-order chi connectivity index (χ0) is 10.7. The maximum atomic E-state index is 11.5. The van der Waals surface area contributed by atoms with Crippen LogP contribution in [0.25, 0.3) is 0 Å². The molecule has 0 unspecified atom stereocenters. The number of hydrogen-bond donors (Lipinski definition) is 2. The largest absolute Gasteiger partial charge is 0.353 e. The Kier molecular flexibility index (Phi) is 3.23. The van der Waals surface area contributed by atoms with E-state index in [1.807, 2.05) is 24.3 Å². The van der Waals surface area contributed by atoms with Crippen LogP contribution >= 0.6 is 11.6 Å². The van der Waals surface area contributed by atoms with E-state index in [9.17, 15) is 4.79 Å². The van der Waals surface area contributed by atoms with E-state index in [0.29, 0.717) is 13.0 Å². The Hall–Kier alpha value is -1.06. The molecule has 1 fully saturated rings. The molecule has 2 N–H and O–H groups in total. The summed E-state index contributed by atoms with van der Waals surface area (Å²) in [5.74, 6) is 0.0566. The van der Waals surface area contributed by atoms with E-state index in [1.54, 1.807) is 0 Å². The number of hydrogen-bond acceptors (Lipinski definition) is 2. The number of rotatable bonds is 2. The molecule has 0 aliphatic carbocycles. The summed E-state index contributed by atoms with van der Waals surface area (Å²) in [5.41, 5.74) is 1.01. The fourth-order valence-corrected chi connectivity index (χ4v) is 1.91. The van der Waals surface area contributed by atoms with Gasteiger partial charge in [0.1, 0.15) is 0 Å². The lowest BCUT2D eigenvalue weighted by atomic mass is 10.0. The van der Waals surface area contributed by atoms with E-state index in [0.717, 1.165) is 17.1 Å². The van der Waals surface area contributed by atoms with Gasteiger partial charge in [-0.15, -0.1) is 0 Å². The van der Waals surface area contributed by atoms with Crippen LogP contribution in [0.5, 0.6) is 0 Å². The Bertz CT molecular complexity index is 367. The number of benzene rings is 1. The second-order valence-corrected chi connectivity index (χ2v) is 4.00. The van der Waals surface area contributed by atoms with E-state index in [-0.39, 0.29) is 11.9 Å². The normalized spacial score (nSPS) is 21.1. The van der Waals surface area contributed by atoms with Gasteiger partial charge in [0.05, 0.1) is 6.04 Å². The summed E-state index contributed by atoms with van der Waals surface area (Å²) < 4.78 is 0. The quantitative estimate of drug-likeness (QED) is 0.786. The third kappa shape index (κ3) is 2.49. The van der Waals surface area contributed by atoms with E-state index >= 15 is 0 Å². The molecule has 0 radical (unpaired) electrons. The monoisotopic (exact) mass is 224 g/mol. The van der Waals surface area contributed by atoms with Crippen LogP contribution in [0.3, 0.4) is 0 Å². The van der Waals surface area contributed by atoms with Crippen molar-refractivity contribution in [2.45, 2.75) is 12.5 Å². The van der Waals surface area contributed by atoms with Crippen molar-refractivity contribution in [1.82, 2.24) is 10.6 Å². The van der Waals surface area contributed by atoms with Crippen molar-refractivity contribution in [3.8, 4) is 0 Å². The van der Waals surface area contributed by atoms with Crippen molar-refractivity contribution < 1.29 is 4.79 Å². The van der Waals surface area contributed by atoms with Crippen LogP contribution in [0.4, 0.5) is 0 Å². The van der Waals surface area contributed by atoms with Crippen LogP contribution < -0.4 is 10.6 Å². The highest BCUT2D eigenvalue weighted by Crippen LogP contribution is 2.16. The standard InChI is InChI=1S/C11H13ClN2O/c12-9-4-2-1-3-8(9)7-10-11(15)14-6-5-13-10/h1-4,10,13H,5-7H2,(H,14,15)/t10-/m0/s1. The van der Waals surface area contributed by atoms with Crippen molar-refractivity contribution in [3.63, 3.8) is 0 Å². The molecule has 1 heterocycles. The fourth-order valence-electron chi connectivity index (χ4n) is 1.70. The average Bonchev–Trinajstić information content (AvgIpc) is 2.24. The minimum absolute atomic E-state index is 0.0566. The van der Waals surface area contributed by atoms with Gasteiger partial charge in [-0.25, -0.2) is 0 Å². The molecule has 3 nitrogen and oxygen atoms in total. The molecule has 2 rings (SSSR count). The molecule has 1 aliphatic rings. The number of amides is 1. The van der Waals surface area contributed by atoms with Gasteiger partial charge in [-0.2, -0.15) is 0 Å².